The molecule has 0 saturated heterocycles. The molecular formula is C112H105B3ClK3O17P2Pd. The van der Waals surface area contributed by atoms with Gasteiger partial charge in [0.1, 0.15) is 51.7 Å². The molecule has 1 atom stereocenters. The van der Waals surface area contributed by atoms with Crippen molar-refractivity contribution < 1.29 is 155 Å². The van der Waals surface area contributed by atoms with Crippen molar-refractivity contribution in [2.24, 2.45) is 0 Å². The number of carbonyl (C=O) groups is 2. The van der Waals surface area contributed by atoms with E-state index in [0.29, 0.717) is 16.6 Å². The molecular weight excluding hydrogens is 1970 g/mol. The monoisotopic (exact) mass is 2070 g/mol. The number of hydrogen-bond acceptors (Lipinski definition) is 14. The van der Waals surface area contributed by atoms with Crippen molar-refractivity contribution in [3.05, 3.63) is 332 Å². The van der Waals surface area contributed by atoms with Crippen LogP contribution in [0.2, 0.25) is 5.02 Å². The van der Waals surface area contributed by atoms with E-state index in [1.54, 1.807) is 12.4 Å². The number of ether oxygens (including phenoxy) is 6. The summed E-state index contributed by atoms with van der Waals surface area (Å²) in [6, 6.07) is 111. The quantitative estimate of drug-likeness (QED) is 0.0308. The molecule has 3 saturated carbocycles. The first-order valence-corrected chi connectivity index (χ1v) is 65.6. The zero-order valence-corrected chi connectivity index (χ0v) is 92.7. The summed E-state index contributed by atoms with van der Waals surface area (Å²) in [5.74, 6) is 6.32. The SMILES string of the molecule is CC(=O)O.CC(=O)O.COC1CCCC1.COc1cccc(C)c1-c1ccccc1P(C1CCCCC1)C1CCCCC1.Clc1ccc2c(c1)Oc1cccc3c1B2c1ccccc1O3.O.O=[P+]([O-])O[O-].OB(O)c1c2ccccc2c(-c2ccccc2)c2ccccc12.[K+].[K][K].[Pd].c1ccc(-c2c3ccccc3c(-c3ccc4c(c3)Oc3cccc5c3B4c3ccccc3O5)c3ccccc23)cc1. The molecule has 0 aromatic heterocycles. The fourth-order valence-corrected chi connectivity index (χ4v) is 24.3. The van der Waals surface area contributed by atoms with Crippen LogP contribution in [0.4, 0.5) is 0 Å². The number of carboxylic acids is 2. The average Bonchev–Trinajstić information content (AvgIpc) is 0.944. The van der Waals surface area contributed by atoms with Crippen LogP contribution in [-0.4, -0.2) is 153 Å². The Labute approximate surface area is 922 Å². The van der Waals surface area contributed by atoms with E-state index in [-0.39, 0.29) is 98.6 Å². The van der Waals surface area contributed by atoms with Crippen molar-refractivity contribution in [2.75, 3.05) is 14.2 Å². The zero-order chi connectivity index (χ0) is 95.3. The van der Waals surface area contributed by atoms with Crippen molar-refractivity contribution in [1.82, 2.24) is 0 Å². The van der Waals surface area contributed by atoms with Crippen molar-refractivity contribution in [2.45, 2.75) is 128 Å². The number of methoxy groups -OCH3 is 2. The molecule has 17 nitrogen and oxygen atoms in total. The third-order valence-electron chi connectivity index (χ3n) is 25.7. The molecule has 3 aliphatic carbocycles. The van der Waals surface area contributed by atoms with Crippen LogP contribution in [0, 0.1) is 6.92 Å². The number of hydrogen-bond donors (Lipinski definition) is 4. The normalized spacial score (nSPS) is 13.6. The maximum atomic E-state index is 9.94. The van der Waals surface area contributed by atoms with Gasteiger partial charge in [-0.1, -0.05) is 332 Å². The van der Waals surface area contributed by atoms with E-state index in [1.165, 1.54) is 219 Å². The summed E-state index contributed by atoms with van der Waals surface area (Å²) in [5, 5.41) is 54.4. The van der Waals surface area contributed by atoms with Gasteiger partial charge in [-0.3, -0.25) is 9.59 Å². The largest absolute Gasteiger partial charge is 0.458 e. The molecule has 694 valence electrons. The summed E-state index contributed by atoms with van der Waals surface area (Å²) < 4.78 is 47.3. The van der Waals surface area contributed by atoms with Crippen LogP contribution >= 0.6 is 27.8 Å². The molecule has 23 rings (SSSR count). The van der Waals surface area contributed by atoms with E-state index >= 15 is 0 Å². The Morgan fingerprint density at radius 1 is 0.424 bits per heavy atom. The summed E-state index contributed by atoms with van der Waals surface area (Å²) in [5.41, 5.74) is 20.5. The van der Waals surface area contributed by atoms with Crippen LogP contribution in [0.5, 0.6) is 51.7 Å². The van der Waals surface area contributed by atoms with Crippen LogP contribution in [-0.2, 0) is 44.0 Å². The van der Waals surface area contributed by atoms with Crippen LogP contribution in [0.25, 0.3) is 87.6 Å². The second-order valence-corrected chi connectivity index (χ2v) is 37.9. The van der Waals surface area contributed by atoms with Crippen molar-refractivity contribution >= 4 is 210 Å². The van der Waals surface area contributed by atoms with Gasteiger partial charge in [0, 0.05) is 62.9 Å². The number of carboxylic acid groups (broad SMARTS) is 2. The Balaban J connectivity index is 0.000000157. The fraction of sp³-hybridized carbons (Fsp3) is 0.196. The van der Waals surface area contributed by atoms with Crippen LogP contribution in [0.15, 0.2) is 322 Å². The minimum atomic E-state index is -3.15. The average molecular weight is 2080 g/mol. The molecule has 0 amide bonds. The molecule has 4 aliphatic heterocycles. The van der Waals surface area contributed by atoms with Gasteiger partial charge < -0.3 is 64.3 Å². The Morgan fingerprint density at radius 3 is 1.16 bits per heavy atom. The smallest absolute Gasteiger partial charge is 0.260 e. The first-order valence-electron chi connectivity index (χ1n) is 46.7. The predicted octanol–water partition coefficient (Wildman–Crippen LogP) is 17.4. The summed E-state index contributed by atoms with van der Waals surface area (Å²) in [6.45, 7) is 4.59. The molecule has 1 unspecified atom stereocenters. The summed E-state index contributed by atoms with van der Waals surface area (Å²) in [7, 11) is -1.17. The second kappa shape index (κ2) is 54.1. The standard InChI is InChI=1S/C38H23BO2.C26H35OP.C20H15BO2.C18H10BClO2.C6H12O.2C2H4O2.3K.HO4P.H2O.Pd/c1-2-11-24(12-3-1)36-26-13-4-6-15-28(26)37(29-16-7-5-14-27(29)36)25-21-22-31-35(23-25)41-34-20-10-19-33-38(34)39(31)30-17-8-9-18-32(30)40-33;1-20-12-11-18-24(27-2)26(20)23-17-9-10-19-25(23)28(21-13-5-3-6-14-21)22-15-7-4-8-16-22;22-21(23)20-17-12-6-4-10-15(17)19(14-8-2-1-3-9-14)16-11-5-7-13-18(16)20;20-11-8-9-13-17(10-11)22-16-7-3-6-15-18(16)19(13)12-4-1-2-5-14(12)21-15;1-7-6-4-2-3-5-6;2*1-2(3)4;;;;1-4-5(2)3;;/h1-23H;9-12,17-19,21-22H,3-8,13-16H2,1-2H3;1-13,22-23H;1-10H;6H,2-5H2,1H3;2*1H3,(H,3,4);;;;1H;1H2;/q;;;;;;;;;+1;;;/p-1. The second-order valence-electron chi connectivity index (χ2n) is 34.1. The molecule has 0 spiro atoms. The van der Waals surface area contributed by atoms with Crippen LogP contribution < -0.4 is 129 Å². The van der Waals surface area contributed by atoms with Gasteiger partial charge in [-0.2, -0.15) is 0 Å². The first kappa shape index (κ1) is 111. The number of fused-ring (bicyclic) bond motifs is 12. The van der Waals surface area contributed by atoms with Crippen molar-refractivity contribution in [1.29, 1.82) is 0 Å². The first-order chi connectivity index (χ1) is 66.4. The van der Waals surface area contributed by atoms with Crippen molar-refractivity contribution in [3.63, 3.8) is 0 Å². The molecule has 139 heavy (non-hydrogen) atoms. The van der Waals surface area contributed by atoms with E-state index in [9.17, 15) is 10.0 Å². The van der Waals surface area contributed by atoms with Gasteiger partial charge in [0.2, 0.25) is 0 Å². The van der Waals surface area contributed by atoms with Crippen molar-refractivity contribution in [3.8, 4) is 96.3 Å². The third kappa shape index (κ3) is 26.4. The Morgan fingerprint density at radius 2 is 0.755 bits per heavy atom. The molecule has 27 heteroatoms. The summed E-state index contributed by atoms with van der Waals surface area (Å²) >= 11 is 8.64. The fourth-order valence-electron chi connectivity index (χ4n) is 20.2. The Kier molecular flexibility index (Phi) is 43.1. The minimum Gasteiger partial charge on any atom is -0.458 e. The zero-order valence-electron chi connectivity index (χ0n) is 79.2. The van der Waals surface area contributed by atoms with Crippen LogP contribution in [0.3, 0.4) is 0 Å². The predicted molar refractivity (Wildman–Crippen MR) is 559 cm³/mol. The van der Waals surface area contributed by atoms with Gasteiger partial charge in [0.25, 0.3) is 25.4 Å². The maximum absolute atomic E-state index is 9.94. The van der Waals surface area contributed by atoms with Gasteiger partial charge >= 0.3 is 130 Å². The number of benzene rings is 16. The molecule has 16 aromatic rings. The Bertz CT molecular complexity index is 6770. The molecule has 0 radical (unpaired) electrons. The van der Waals surface area contributed by atoms with Gasteiger partial charge in [0.15, 0.2) is 0 Å². The van der Waals surface area contributed by atoms with E-state index < -0.39 is 27.3 Å². The molecule has 6 N–H and O–H groups in total. The Hall–Kier alpha value is -7.19. The number of aryl methyl sites for hydroxylation is 1. The van der Waals surface area contributed by atoms with E-state index in [1.807, 2.05) is 147 Å². The summed E-state index contributed by atoms with van der Waals surface area (Å²) in [4.78, 5) is 26.9. The number of halogens is 1. The van der Waals surface area contributed by atoms with Gasteiger partial charge in [0.05, 0.1) is 13.2 Å². The van der Waals surface area contributed by atoms with Gasteiger partial charge in [-0.05, 0) is 242 Å². The van der Waals surface area contributed by atoms with E-state index in [2.05, 4.69) is 194 Å². The topological polar surface area (TPSA) is 274 Å². The van der Waals surface area contributed by atoms with Gasteiger partial charge in [-0.25, -0.2) is 4.67 Å². The maximum Gasteiger partial charge on any atom is 0.260 e. The van der Waals surface area contributed by atoms with Crippen LogP contribution in [0.1, 0.15) is 109 Å². The third-order valence-corrected chi connectivity index (χ3v) is 29.6. The molecule has 0 bridgehead atoms. The molecule has 16 aromatic carbocycles. The minimum absolute atomic E-state index is 0. The molecule has 7 aliphatic rings. The number of aliphatic carboxylic acids is 2. The number of rotatable bonds is 11. The van der Waals surface area contributed by atoms with E-state index in [4.69, 9.17) is 74.5 Å². The number of para-hydroxylation sites is 2. The summed E-state index contributed by atoms with van der Waals surface area (Å²) in [6.07, 6.45) is 20.3. The van der Waals surface area contributed by atoms with E-state index in [0.717, 1.165) is 137 Å². The van der Waals surface area contributed by atoms with Gasteiger partial charge in [-0.15, -0.1) is 0 Å². The molecule has 3 fully saturated rings. The molecule has 4 heterocycles.